The highest BCUT2D eigenvalue weighted by molar-refractivity contribution is 7.99. The summed E-state index contributed by atoms with van der Waals surface area (Å²) in [6.45, 7) is 5.48. The number of para-hydroxylation sites is 1. The van der Waals surface area contributed by atoms with Gasteiger partial charge < -0.3 is 15.2 Å². The lowest BCUT2D eigenvalue weighted by Gasteiger charge is -2.39. The third kappa shape index (κ3) is 4.61. The van der Waals surface area contributed by atoms with Crippen LogP contribution in [0.3, 0.4) is 0 Å². The van der Waals surface area contributed by atoms with Gasteiger partial charge >= 0.3 is 6.18 Å². The van der Waals surface area contributed by atoms with Crippen molar-refractivity contribution in [3.63, 3.8) is 0 Å². The molecule has 0 saturated carbocycles. The normalized spacial score (nSPS) is 17.5. The Morgan fingerprint density at radius 1 is 1.23 bits per heavy atom. The topological polar surface area (TPSA) is 76.4 Å². The molecule has 1 aliphatic heterocycles. The van der Waals surface area contributed by atoms with Crippen LogP contribution in [0.2, 0.25) is 0 Å². The number of ether oxygens (including phenoxy) is 1. The Hall–Kier alpha value is -2.72. The van der Waals surface area contributed by atoms with Crippen molar-refractivity contribution in [2.24, 2.45) is 7.05 Å². The molecule has 2 aromatic carbocycles. The molecule has 0 bridgehead atoms. The second-order valence-electron chi connectivity index (χ2n) is 9.35. The number of nitrogens with one attached hydrogen (secondary N) is 1. The van der Waals surface area contributed by atoms with Gasteiger partial charge in [-0.2, -0.15) is 30.0 Å². The number of fused-ring (bicyclic) bond motifs is 2. The van der Waals surface area contributed by atoms with Gasteiger partial charge in [0, 0.05) is 35.9 Å². The van der Waals surface area contributed by atoms with Gasteiger partial charge in [-0.3, -0.25) is 4.79 Å². The van der Waals surface area contributed by atoms with Gasteiger partial charge in [-0.1, -0.05) is 31.2 Å². The molecule has 0 fully saturated rings. The lowest BCUT2D eigenvalue weighted by molar-refractivity contribution is -0.256. The minimum Gasteiger partial charge on any atom is -0.487 e. The van der Waals surface area contributed by atoms with Gasteiger partial charge in [0.15, 0.2) is 5.60 Å². The van der Waals surface area contributed by atoms with Crippen LogP contribution in [0.25, 0.3) is 10.8 Å². The van der Waals surface area contributed by atoms with E-state index in [1.807, 2.05) is 19.9 Å². The van der Waals surface area contributed by atoms with E-state index in [9.17, 15) is 23.1 Å². The number of alkyl halides is 3. The summed E-state index contributed by atoms with van der Waals surface area (Å²) in [5.41, 5.74) is -2.85. The SMILES string of the molecule is CCSCC(O)(C(Nc1cccc2c(=O)n(C)ncc12)c1cccc2c1OC(C)(C)C2)C(F)(F)F. The van der Waals surface area contributed by atoms with E-state index >= 15 is 0 Å². The number of thioether (sulfide) groups is 1. The molecule has 35 heavy (non-hydrogen) atoms. The van der Waals surface area contributed by atoms with Crippen LogP contribution in [-0.2, 0) is 13.5 Å². The number of hydrogen-bond donors (Lipinski definition) is 2. The highest BCUT2D eigenvalue weighted by Gasteiger charge is 2.60. The van der Waals surface area contributed by atoms with Crippen LogP contribution >= 0.6 is 11.8 Å². The third-order valence-corrected chi connectivity index (χ3v) is 7.27. The molecule has 1 aromatic heterocycles. The Bertz CT molecular complexity index is 1310. The second-order valence-corrected chi connectivity index (χ2v) is 10.6. The molecule has 2 atom stereocenters. The van der Waals surface area contributed by atoms with E-state index < -0.39 is 29.2 Å². The molecule has 0 radical (unpaired) electrons. The molecule has 0 spiro atoms. The summed E-state index contributed by atoms with van der Waals surface area (Å²) in [4.78, 5) is 12.6. The summed E-state index contributed by atoms with van der Waals surface area (Å²) in [7, 11) is 1.50. The Labute approximate surface area is 205 Å². The summed E-state index contributed by atoms with van der Waals surface area (Å²) in [6, 6.07) is 8.20. The minimum atomic E-state index is -4.96. The van der Waals surface area contributed by atoms with Gasteiger partial charge in [0.05, 0.1) is 17.6 Å². The second kappa shape index (κ2) is 9.05. The quantitative estimate of drug-likeness (QED) is 0.476. The van der Waals surface area contributed by atoms with E-state index in [0.717, 1.165) is 22.0 Å². The molecule has 188 valence electrons. The van der Waals surface area contributed by atoms with Crippen LogP contribution < -0.4 is 15.6 Å². The summed E-state index contributed by atoms with van der Waals surface area (Å²) >= 11 is 1.00. The number of aryl methyl sites for hydroxylation is 1. The van der Waals surface area contributed by atoms with Crippen LogP contribution in [-0.4, -0.2) is 43.8 Å². The number of nitrogens with zero attached hydrogens (tertiary/aromatic N) is 2. The number of rotatable bonds is 7. The molecule has 2 unspecified atom stereocenters. The molecule has 4 rings (SSSR count). The van der Waals surface area contributed by atoms with Gasteiger partial charge in [-0.05, 0) is 37.3 Å². The van der Waals surface area contributed by atoms with Gasteiger partial charge in [-0.25, -0.2) is 4.68 Å². The van der Waals surface area contributed by atoms with E-state index in [4.69, 9.17) is 4.74 Å². The summed E-state index contributed by atoms with van der Waals surface area (Å²) in [6.07, 6.45) is -2.99. The van der Waals surface area contributed by atoms with Crippen LogP contribution in [0.5, 0.6) is 5.75 Å². The maximum Gasteiger partial charge on any atom is 0.420 e. The Kier molecular flexibility index (Phi) is 6.56. The van der Waals surface area contributed by atoms with Gasteiger partial charge in [0.25, 0.3) is 5.56 Å². The van der Waals surface area contributed by atoms with Crippen molar-refractivity contribution in [1.29, 1.82) is 0 Å². The minimum absolute atomic E-state index is 0.207. The zero-order valence-electron chi connectivity index (χ0n) is 19.9. The van der Waals surface area contributed by atoms with E-state index in [1.165, 1.54) is 13.2 Å². The number of halogens is 3. The molecule has 10 heteroatoms. The lowest BCUT2D eigenvalue weighted by Crippen LogP contribution is -2.54. The summed E-state index contributed by atoms with van der Waals surface area (Å²) < 4.78 is 51.0. The van der Waals surface area contributed by atoms with E-state index in [2.05, 4.69) is 10.4 Å². The molecule has 0 saturated heterocycles. The molecule has 2 heterocycles. The van der Waals surface area contributed by atoms with E-state index in [1.54, 1.807) is 37.3 Å². The van der Waals surface area contributed by atoms with Crippen molar-refractivity contribution >= 4 is 28.2 Å². The van der Waals surface area contributed by atoms with Gasteiger partial charge in [0.2, 0.25) is 0 Å². The number of aliphatic hydroxyl groups is 1. The molecule has 0 amide bonds. The van der Waals surface area contributed by atoms with Crippen molar-refractivity contribution in [2.45, 2.75) is 50.6 Å². The maximum atomic E-state index is 14.6. The monoisotopic (exact) mass is 507 g/mol. The van der Waals surface area contributed by atoms with Crippen molar-refractivity contribution in [1.82, 2.24) is 9.78 Å². The highest BCUT2D eigenvalue weighted by atomic mass is 32.2. The number of hydrogen-bond acceptors (Lipinski definition) is 6. The first-order valence-corrected chi connectivity index (χ1v) is 12.4. The van der Waals surface area contributed by atoms with Gasteiger partial charge in [-0.15, -0.1) is 0 Å². The fourth-order valence-electron chi connectivity index (χ4n) is 4.45. The molecular weight excluding hydrogens is 479 g/mol. The average Bonchev–Trinajstić information content (AvgIpc) is 3.11. The standard InChI is InChI=1S/C25H28F3N3O3S/c1-5-35-14-24(33,25(26,27)28)21(17-10-6-8-15-12-23(2,3)34-20(15)17)30-19-11-7-9-16-18(19)13-29-31(4)22(16)32/h6-11,13,21,30,33H,5,12,14H2,1-4H3. The molecule has 3 aromatic rings. The summed E-state index contributed by atoms with van der Waals surface area (Å²) in [5.74, 6) is 0.159. The van der Waals surface area contributed by atoms with E-state index in [0.29, 0.717) is 28.7 Å². The third-order valence-electron chi connectivity index (χ3n) is 6.22. The van der Waals surface area contributed by atoms with Crippen molar-refractivity contribution in [2.75, 3.05) is 16.8 Å². The van der Waals surface area contributed by atoms with Crippen LogP contribution in [0.1, 0.15) is 37.9 Å². The smallest absolute Gasteiger partial charge is 0.420 e. The first-order chi connectivity index (χ1) is 16.4. The zero-order chi connectivity index (χ0) is 25.6. The predicted molar refractivity (Wildman–Crippen MR) is 132 cm³/mol. The van der Waals surface area contributed by atoms with Crippen LogP contribution in [0.15, 0.2) is 47.4 Å². The van der Waals surface area contributed by atoms with Crippen LogP contribution in [0, 0.1) is 0 Å². The Morgan fingerprint density at radius 3 is 2.63 bits per heavy atom. The van der Waals surface area contributed by atoms with Gasteiger partial charge in [0.1, 0.15) is 11.4 Å². The predicted octanol–water partition coefficient (Wildman–Crippen LogP) is 4.85. The average molecular weight is 508 g/mol. The lowest BCUT2D eigenvalue weighted by atomic mass is 9.87. The first kappa shape index (κ1) is 25.4. The Balaban J connectivity index is 1.93. The van der Waals surface area contributed by atoms with Crippen molar-refractivity contribution in [3.8, 4) is 5.75 Å². The molecule has 6 nitrogen and oxygen atoms in total. The number of anilines is 1. The zero-order valence-corrected chi connectivity index (χ0v) is 20.8. The first-order valence-electron chi connectivity index (χ1n) is 11.3. The Morgan fingerprint density at radius 2 is 1.94 bits per heavy atom. The van der Waals surface area contributed by atoms with E-state index in [-0.39, 0.29) is 16.8 Å². The molecular formula is C25H28F3N3O3S. The number of aromatic nitrogens is 2. The fourth-order valence-corrected chi connectivity index (χ4v) is 5.30. The maximum absolute atomic E-state index is 14.6. The highest BCUT2D eigenvalue weighted by Crippen LogP contribution is 2.49. The van der Waals surface area contributed by atoms with Crippen LogP contribution in [0.4, 0.5) is 18.9 Å². The molecule has 1 aliphatic rings. The van der Waals surface area contributed by atoms with Crippen molar-refractivity contribution < 1.29 is 23.0 Å². The summed E-state index contributed by atoms with van der Waals surface area (Å²) in [5, 5.41) is 19.0. The molecule has 0 aliphatic carbocycles. The fraction of sp³-hybridized carbons (Fsp3) is 0.440. The largest absolute Gasteiger partial charge is 0.487 e. The molecule has 2 N–H and O–H groups in total. The number of benzene rings is 2. The van der Waals surface area contributed by atoms with Crippen molar-refractivity contribution in [3.05, 3.63) is 64.1 Å².